The zero-order chi connectivity index (χ0) is 46.5. The Kier molecular flexibility index (Phi) is 9.85. The number of rotatable bonds is 8. The van der Waals surface area contributed by atoms with Crippen LogP contribution in [0.4, 0.5) is 0 Å². The van der Waals surface area contributed by atoms with Crippen LogP contribution >= 0.6 is 0 Å². The molecule has 13 rings (SSSR count). The van der Waals surface area contributed by atoms with E-state index in [0.717, 1.165) is 66.8 Å². The summed E-state index contributed by atoms with van der Waals surface area (Å²) < 4.78 is 0. The predicted octanol–water partition coefficient (Wildman–Crippen LogP) is 17.0. The van der Waals surface area contributed by atoms with Crippen LogP contribution in [-0.2, 0) is 0 Å². The van der Waals surface area contributed by atoms with Crippen LogP contribution in [0.15, 0.2) is 243 Å². The normalized spacial score (nSPS) is 11.4. The number of nitriles is 1. The lowest BCUT2D eigenvalue weighted by Crippen LogP contribution is -2.00. The Hall–Kier alpha value is -9.56. The van der Waals surface area contributed by atoms with Crippen molar-refractivity contribution in [2.75, 3.05) is 0 Å². The van der Waals surface area contributed by atoms with Crippen LogP contribution in [0, 0.1) is 11.3 Å². The Labute approximate surface area is 406 Å². The molecule has 4 heteroatoms. The molecule has 1 aliphatic rings. The maximum absolute atomic E-state index is 10.9. The quantitative estimate of drug-likeness (QED) is 0.152. The summed E-state index contributed by atoms with van der Waals surface area (Å²) in [5.74, 6) is 1.79. The molecule has 0 unspecified atom stereocenters. The Morgan fingerprint density at radius 1 is 0.257 bits per heavy atom. The lowest BCUT2D eigenvalue weighted by atomic mass is 9.89. The summed E-state index contributed by atoms with van der Waals surface area (Å²) in [5, 5.41) is 15.8. The minimum Gasteiger partial charge on any atom is -0.208 e. The molecule has 0 saturated carbocycles. The fourth-order valence-corrected chi connectivity index (χ4v) is 10.4. The number of aromatic nitrogens is 3. The van der Waals surface area contributed by atoms with E-state index in [1.807, 2.05) is 30.3 Å². The van der Waals surface area contributed by atoms with Crippen LogP contribution in [-0.4, -0.2) is 15.0 Å². The molecule has 11 aromatic carbocycles. The molecule has 0 atom stereocenters. The molecule has 1 aromatic heterocycles. The van der Waals surface area contributed by atoms with Gasteiger partial charge in [-0.15, -0.1) is 0 Å². The minimum absolute atomic E-state index is 0.585. The lowest BCUT2D eigenvalue weighted by molar-refractivity contribution is 1.07. The summed E-state index contributed by atoms with van der Waals surface area (Å²) in [4.78, 5) is 15.3. The van der Waals surface area contributed by atoms with Gasteiger partial charge in [0.1, 0.15) is 6.07 Å². The SMILES string of the molecule is N#Cc1c(-c2cccc(-c3cccc(-c4nc(-c5ccccc5)nc(-c5cccc(-c6cccc7ccccc67)c5)n4)c3)c2)cccc1-c1cccc(-c2ccc3c4c(cccc24)-c2ccccc2-3)c1. The lowest BCUT2D eigenvalue weighted by Gasteiger charge is -2.14. The Morgan fingerprint density at radius 3 is 1.27 bits per heavy atom. The van der Waals surface area contributed by atoms with Gasteiger partial charge in [-0.25, -0.2) is 15.0 Å². The highest BCUT2D eigenvalue weighted by Crippen LogP contribution is 2.49. The monoisotopic (exact) mass is 888 g/mol. The number of hydrogen-bond donors (Lipinski definition) is 0. The van der Waals surface area contributed by atoms with Gasteiger partial charge in [0.05, 0.1) is 5.56 Å². The average Bonchev–Trinajstić information content (AvgIpc) is 3.77. The summed E-state index contributed by atoms with van der Waals surface area (Å²) in [5.41, 5.74) is 18.8. The molecule has 0 fully saturated rings. The van der Waals surface area contributed by atoms with E-state index in [4.69, 9.17) is 15.0 Å². The van der Waals surface area contributed by atoms with Crippen LogP contribution in [0.5, 0.6) is 0 Å². The van der Waals surface area contributed by atoms with E-state index in [1.54, 1.807) is 0 Å². The zero-order valence-corrected chi connectivity index (χ0v) is 37.9. The standard InChI is InChI=1S/C66H40N4/c67-41-62-54(31-13-32-55(62)47-22-10-23-48(39-47)56-35-36-61-58-29-7-6-28-57(58)60-34-14-33-59(56)63(60)61)46-21-8-19-44(37-46)45-20-9-25-50(38-45)65-68-64(43-16-2-1-3-17-43)69-66(70-65)51-26-11-24-49(40-51)53-30-12-18-42-15-4-5-27-52(42)53/h1-40H. The molecule has 0 saturated heterocycles. The summed E-state index contributed by atoms with van der Waals surface area (Å²) in [6, 6.07) is 87.5. The van der Waals surface area contributed by atoms with Gasteiger partial charge in [-0.1, -0.05) is 218 Å². The largest absolute Gasteiger partial charge is 0.208 e. The number of fused-ring (bicyclic) bond motifs is 4. The molecule has 0 N–H and O–H groups in total. The van der Waals surface area contributed by atoms with Gasteiger partial charge in [-0.3, -0.25) is 0 Å². The van der Waals surface area contributed by atoms with Gasteiger partial charge in [0.25, 0.3) is 0 Å². The van der Waals surface area contributed by atoms with Crippen molar-refractivity contribution in [1.82, 2.24) is 15.0 Å². The Morgan fingerprint density at radius 2 is 0.614 bits per heavy atom. The van der Waals surface area contributed by atoms with Crippen molar-refractivity contribution in [2.45, 2.75) is 0 Å². The Bertz CT molecular complexity index is 4050. The van der Waals surface area contributed by atoms with Crippen molar-refractivity contribution in [3.8, 4) is 118 Å². The summed E-state index contributed by atoms with van der Waals surface area (Å²) in [6.45, 7) is 0. The molecule has 0 spiro atoms. The first-order valence-corrected chi connectivity index (χ1v) is 23.6. The molecular formula is C66H40N4. The molecule has 0 bridgehead atoms. The van der Waals surface area contributed by atoms with E-state index in [0.29, 0.717) is 23.0 Å². The average molecular weight is 889 g/mol. The topological polar surface area (TPSA) is 62.5 Å². The summed E-state index contributed by atoms with van der Waals surface area (Å²) in [6.07, 6.45) is 0. The molecule has 0 aliphatic heterocycles. The first kappa shape index (κ1) is 40.7. The van der Waals surface area contributed by atoms with Crippen molar-refractivity contribution >= 4 is 21.5 Å². The minimum atomic E-state index is 0.585. The second kappa shape index (κ2) is 16.9. The maximum Gasteiger partial charge on any atom is 0.164 e. The second-order valence-electron chi connectivity index (χ2n) is 17.8. The Balaban J connectivity index is 0.855. The van der Waals surface area contributed by atoms with E-state index < -0.39 is 0 Å². The van der Waals surface area contributed by atoms with Gasteiger partial charge in [-0.2, -0.15) is 5.26 Å². The van der Waals surface area contributed by atoms with Gasteiger partial charge < -0.3 is 0 Å². The molecular weight excluding hydrogens is 849 g/mol. The first-order chi connectivity index (χ1) is 34.6. The molecule has 12 aromatic rings. The molecule has 0 radical (unpaired) electrons. The van der Waals surface area contributed by atoms with Gasteiger partial charge in [0, 0.05) is 27.8 Å². The third-order valence-electron chi connectivity index (χ3n) is 13.7. The maximum atomic E-state index is 10.9. The summed E-state index contributed by atoms with van der Waals surface area (Å²) in [7, 11) is 0. The fourth-order valence-electron chi connectivity index (χ4n) is 10.4. The smallest absolute Gasteiger partial charge is 0.164 e. The third-order valence-corrected chi connectivity index (χ3v) is 13.7. The third kappa shape index (κ3) is 7.04. The molecule has 0 amide bonds. The molecule has 70 heavy (non-hydrogen) atoms. The second-order valence-corrected chi connectivity index (χ2v) is 17.8. The number of hydrogen-bond acceptors (Lipinski definition) is 4. The van der Waals surface area contributed by atoms with Crippen LogP contribution in [0.2, 0.25) is 0 Å². The van der Waals surface area contributed by atoms with E-state index in [2.05, 4.69) is 218 Å². The van der Waals surface area contributed by atoms with Crippen molar-refractivity contribution in [2.24, 2.45) is 0 Å². The van der Waals surface area contributed by atoms with E-state index >= 15 is 0 Å². The van der Waals surface area contributed by atoms with Gasteiger partial charge in [0.15, 0.2) is 17.5 Å². The van der Waals surface area contributed by atoms with Crippen molar-refractivity contribution in [1.29, 1.82) is 5.26 Å². The van der Waals surface area contributed by atoms with Crippen molar-refractivity contribution in [3.63, 3.8) is 0 Å². The number of benzene rings is 11. The highest BCUT2D eigenvalue weighted by Gasteiger charge is 2.23. The highest BCUT2D eigenvalue weighted by atomic mass is 15.0. The molecule has 4 nitrogen and oxygen atoms in total. The van der Waals surface area contributed by atoms with Gasteiger partial charge in [-0.05, 0) is 113 Å². The van der Waals surface area contributed by atoms with Crippen LogP contribution < -0.4 is 0 Å². The van der Waals surface area contributed by atoms with Crippen LogP contribution in [0.1, 0.15) is 5.56 Å². The van der Waals surface area contributed by atoms with E-state index in [-0.39, 0.29) is 0 Å². The van der Waals surface area contributed by atoms with Gasteiger partial charge >= 0.3 is 0 Å². The summed E-state index contributed by atoms with van der Waals surface area (Å²) >= 11 is 0. The van der Waals surface area contributed by atoms with Crippen molar-refractivity contribution in [3.05, 3.63) is 248 Å². The van der Waals surface area contributed by atoms with Crippen molar-refractivity contribution < 1.29 is 0 Å². The number of nitrogens with zero attached hydrogens (tertiary/aromatic N) is 4. The van der Waals surface area contributed by atoms with Crippen LogP contribution in [0.3, 0.4) is 0 Å². The molecule has 324 valence electrons. The zero-order valence-electron chi connectivity index (χ0n) is 37.9. The van der Waals surface area contributed by atoms with Gasteiger partial charge in [0.2, 0.25) is 0 Å². The highest BCUT2D eigenvalue weighted by molar-refractivity contribution is 6.18. The fraction of sp³-hybridized carbons (Fsp3) is 0. The van der Waals surface area contributed by atoms with E-state index in [9.17, 15) is 5.26 Å². The van der Waals surface area contributed by atoms with Crippen LogP contribution in [0.25, 0.3) is 134 Å². The molecule has 1 aliphatic carbocycles. The first-order valence-electron chi connectivity index (χ1n) is 23.6. The van der Waals surface area contributed by atoms with E-state index in [1.165, 1.54) is 49.4 Å². The molecule has 1 heterocycles. The predicted molar refractivity (Wildman–Crippen MR) is 287 cm³/mol.